The maximum absolute atomic E-state index is 15.4. The zero-order valence-electron chi connectivity index (χ0n) is 40.8. The molecule has 1 aromatic heterocycles. The molecule has 0 radical (unpaired) electrons. The fourth-order valence-electron chi connectivity index (χ4n) is 10.8. The van der Waals surface area contributed by atoms with Crippen LogP contribution in [0.4, 0.5) is 0 Å². The molecule has 2 heterocycles. The number of fused-ring (bicyclic) bond motifs is 2. The monoisotopic (exact) mass is 986 g/mol. The lowest BCUT2D eigenvalue weighted by molar-refractivity contribution is -0.123. The second-order valence-corrected chi connectivity index (χ2v) is 22.0. The van der Waals surface area contributed by atoms with E-state index in [1.807, 2.05) is 43.4 Å². The smallest absolute Gasteiger partial charge is 0.167 e. The summed E-state index contributed by atoms with van der Waals surface area (Å²) < 4.78 is 12.1. The molecule has 8 rings (SSSR count). The second kappa shape index (κ2) is 22.9. The van der Waals surface area contributed by atoms with Gasteiger partial charge in [0.1, 0.15) is 18.3 Å². The number of aliphatic hydroxyl groups is 2. The molecule has 0 bridgehead atoms. The molecular formula is C57H68N3O8S2-. The first-order valence-electron chi connectivity index (χ1n) is 24.6. The molecule has 2 aliphatic rings. The van der Waals surface area contributed by atoms with Crippen LogP contribution in [0.5, 0.6) is 28.7 Å². The highest BCUT2D eigenvalue weighted by atomic mass is 33.1. The summed E-state index contributed by atoms with van der Waals surface area (Å²) in [5.41, 5.74) is 6.77. The Kier molecular flexibility index (Phi) is 16.8. The van der Waals surface area contributed by atoms with Crippen LogP contribution in [-0.4, -0.2) is 76.2 Å². The molecule has 5 aromatic carbocycles. The molecule has 11 nitrogen and oxygen atoms in total. The summed E-state index contributed by atoms with van der Waals surface area (Å²) in [6.07, 6.45) is 9.58. The van der Waals surface area contributed by atoms with Crippen LogP contribution in [0.1, 0.15) is 108 Å². The second-order valence-electron chi connectivity index (χ2n) is 19.5. The Bertz CT molecular complexity index is 2740. The Morgan fingerprint density at radius 1 is 0.900 bits per heavy atom. The fraction of sp³-hybridized carbons (Fsp3) is 0.421. The van der Waals surface area contributed by atoms with Gasteiger partial charge < -0.3 is 45.3 Å². The molecule has 1 aliphatic carbocycles. The van der Waals surface area contributed by atoms with Crippen LogP contribution < -0.4 is 25.1 Å². The van der Waals surface area contributed by atoms with Crippen molar-refractivity contribution in [3.8, 4) is 28.7 Å². The number of rotatable bonds is 17. The van der Waals surface area contributed by atoms with Crippen LogP contribution in [0.2, 0.25) is 0 Å². The average molecular weight is 987 g/mol. The number of phenolic OH excluding ortho intramolecular Hbond substituents is 3. The van der Waals surface area contributed by atoms with Gasteiger partial charge in [-0.2, -0.15) is 12.4 Å². The Morgan fingerprint density at radius 2 is 1.67 bits per heavy atom. The molecular weight excluding hydrogens is 919 g/mol. The van der Waals surface area contributed by atoms with Crippen LogP contribution in [0.3, 0.4) is 0 Å². The Labute approximate surface area is 420 Å². The number of phenols is 3. The number of β-amino-alcohol motifs (C(OH)–C–C–N with tert-alkyl or cyclic N) is 1. The number of methoxy groups -OCH3 is 1. The van der Waals surface area contributed by atoms with Gasteiger partial charge in [-0.05, 0) is 127 Å². The first-order chi connectivity index (χ1) is 33.8. The van der Waals surface area contributed by atoms with Crippen molar-refractivity contribution in [1.82, 2.24) is 15.6 Å². The van der Waals surface area contributed by atoms with Crippen molar-refractivity contribution in [2.45, 2.75) is 113 Å². The van der Waals surface area contributed by atoms with Crippen LogP contribution in [-0.2, 0) is 48.2 Å². The van der Waals surface area contributed by atoms with Gasteiger partial charge in [-0.25, -0.2) is 0 Å². The Hall–Kier alpha value is -5.15. The van der Waals surface area contributed by atoms with E-state index in [0.29, 0.717) is 54.4 Å². The van der Waals surface area contributed by atoms with Crippen LogP contribution >= 0.6 is 21.6 Å². The normalized spacial score (nSPS) is 18.8. The van der Waals surface area contributed by atoms with Gasteiger partial charge in [0.05, 0.1) is 18.8 Å². The number of aromatic nitrogens is 1. The van der Waals surface area contributed by atoms with E-state index in [0.717, 1.165) is 88.2 Å². The standard InChI is InChI=1S/C57H68N3O8S2/c1-5-37-13-14-38-11-7-8-12-45(38)46(37)29-48-39(15-17-50(62)54(48)67-4)24-42(23-36-19-22-59-31-36)52(64)30-53(65)47(41-25-43(28-44(61)26-41)57(58-3)20-9-6-10-21-57)27-40-16-18-51(63)55-49(40)32-69-70-34-56(2,66)33-60-35-68-55/h7-8,11-19,22,25-26,28,31,42,47,52,58,60-64,66H,5-6,9-10,20-21,23-24,27,29-30,32-35H2,1-4H3/q-1. The van der Waals surface area contributed by atoms with Gasteiger partial charge in [-0.1, -0.05) is 114 Å². The summed E-state index contributed by atoms with van der Waals surface area (Å²) in [7, 11) is 6.60. The van der Waals surface area contributed by atoms with E-state index in [1.165, 1.54) is 16.4 Å². The van der Waals surface area contributed by atoms with Gasteiger partial charge in [-0.15, -0.1) is 0 Å². The molecule has 7 N–H and O–H groups in total. The van der Waals surface area contributed by atoms with Gasteiger partial charge in [0.2, 0.25) is 0 Å². The number of nitrogens with one attached hydrogen (secondary N) is 2. The quantitative estimate of drug-likeness (QED) is 0.0431. The lowest BCUT2D eigenvalue weighted by Crippen LogP contribution is -2.41. The third-order valence-electron chi connectivity index (χ3n) is 14.7. The van der Waals surface area contributed by atoms with E-state index in [2.05, 4.69) is 52.9 Å². The Balaban J connectivity index is 1.17. The van der Waals surface area contributed by atoms with Crippen LogP contribution in [0.15, 0.2) is 97.3 Å². The highest BCUT2D eigenvalue weighted by Gasteiger charge is 2.36. The number of carbonyl (C=O) groups excluding carboxylic acids is 1. The minimum Gasteiger partial charge on any atom is -0.670 e. The predicted molar refractivity (Wildman–Crippen MR) is 281 cm³/mol. The predicted octanol–water partition coefficient (Wildman–Crippen LogP) is 9.77. The number of benzene rings is 5. The lowest BCUT2D eigenvalue weighted by atomic mass is 9.74. The first-order valence-corrected chi connectivity index (χ1v) is 27.1. The summed E-state index contributed by atoms with van der Waals surface area (Å²) in [6, 6.07) is 27.1. The molecule has 70 heavy (non-hydrogen) atoms. The molecule has 1 fully saturated rings. The first kappa shape index (κ1) is 51.2. The summed E-state index contributed by atoms with van der Waals surface area (Å²) in [5, 5.41) is 66.5. The van der Waals surface area contributed by atoms with E-state index in [4.69, 9.17) is 9.47 Å². The van der Waals surface area contributed by atoms with Crippen LogP contribution in [0.25, 0.3) is 10.8 Å². The molecule has 13 heteroatoms. The number of nitrogens with zero attached hydrogens (tertiary/aromatic N) is 1. The summed E-state index contributed by atoms with van der Waals surface area (Å²) >= 11 is 0. The molecule has 6 aromatic rings. The van der Waals surface area contributed by atoms with Gasteiger partial charge in [-0.3, -0.25) is 10.1 Å². The summed E-state index contributed by atoms with van der Waals surface area (Å²) in [6.45, 7) is 4.28. The van der Waals surface area contributed by atoms with Crippen LogP contribution in [0, 0.1) is 5.92 Å². The number of aliphatic hydroxyl groups excluding tert-OH is 1. The minimum atomic E-state index is -1.11. The van der Waals surface area contributed by atoms with Crippen molar-refractivity contribution in [3.63, 3.8) is 0 Å². The molecule has 0 saturated heterocycles. The zero-order valence-corrected chi connectivity index (χ0v) is 42.4. The number of hydrogen-bond acceptors (Lipinski definition) is 12. The Morgan fingerprint density at radius 3 is 2.43 bits per heavy atom. The number of aromatic hydroxyl groups is 3. The van der Waals surface area contributed by atoms with E-state index in [-0.39, 0.29) is 48.1 Å². The molecule has 4 unspecified atom stereocenters. The van der Waals surface area contributed by atoms with Gasteiger partial charge in [0.25, 0.3) is 0 Å². The summed E-state index contributed by atoms with van der Waals surface area (Å²) in [5.74, 6) is 0.235. The molecule has 372 valence electrons. The number of ether oxygens (including phenoxy) is 2. The maximum atomic E-state index is 15.4. The molecule has 4 atom stereocenters. The van der Waals surface area contributed by atoms with Gasteiger partial charge in [0.15, 0.2) is 23.0 Å². The largest absolute Gasteiger partial charge is 0.670 e. The number of hydrogen-bond donors (Lipinski definition) is 7. The van der Waals surface area contributed by atoms with Crippen molar-refractivity contribution in [1.29, 1.82) is 0 Å². The van der Waals surface area contributed by atoms with Crippen molar-refractivity contribution in [2.75, 3.05) is 33.2 Å². The van der Waals surface area contributed by atoms with E-state index < -0.39 is 23.5 Å². The molecule has 0 spiro atoms. The number of ketones is 1. The minimum absolute atomic E-state index is 0.0233. The molecule has 0 amide bonds. The van der Waals surface area contributed by atoms with Crippen molar-refractivity contribution in [2.24, 2.45) is 5.92 Å². The summed E-state index contributed by atoms with van der Waals surface area (Å²) in [4.78, 5) is 19.8. The fourth-order valence-corrected chi connectivity index (χ4v) is 13.3. The maximum Gasteiger partial charge on any atom is 0.167 e. The van der Waals surface area contributed by atoms with Crippen molar-refractivity contribution in [3.05, 3.63) is 147 Å². The zero-order chi connectivity index (χ0) is 49.4. The van der Waals surface area contributed by atoms with Gasteiger partial charge in [0, 0.05) is 53.5 Å². The average Bonchev–Trinajstić information content (AvgIpc) is 3.87. The van der Waals surface area contributed by atoms with E-state index in [9.17, 15) is 25.5 Å². The number of Topliss-reactive ketones (excluding diaryl/α,β-unsaturated/α-hetero) is 1. The van der Waals surface area contributed by atoms with Crippen molar-refractivity contribution < 1.29 is 39.8 Å². The lowest BCUT2D eigenvalue weighted by Gasteiger charge is -2.38. The van der Waals surface area contributed by atoms with E-state index in [1.54, 1.807) is 55.4 Å². The third-order valence-corrected chi connectivity index (χ3v) is 17.2. The number of aryl methyl sites for hydroxylation is 1. The number of carbonyl (C=O) groups is 1. The highest BCUT2D eigenvalue weighted by Crippen LogP contribution is 2.44. The third kappa shape index (κ3) is 11.8. The molecule has 1 aliphatic heterocycles. The SMILES string of the molecule is CCc1ccc2ccccc2c1Cc1c(CC(Cc2cc[n-]c2)C(O)CC(=O)C(Cc2ccc(O)c3c2CSSCC(C)(O)CNCO3)c2cc(O)cc(C3(NC)CCCCC3)c2)ccc(O)c1OC. The molecule has 1 saturated carbocycles. The highest BCUT2D eigenvalue weighted by molar-refractivity contribution is 8.76. The topological polar surface area (TPSA) is 175 Å². The van der Waals surface area contributed by atoms with Crippen molar-refractivity contribution >= 4 is 38.1 Å². The van der Waals surface area contributed by atoms with Gasteiger partial charge >= 0.3 is 0 Å². The van der Waals surface area contributed by atoms with E-state index >= 15 is 4.79 Å².